The topological polar surface area (TPSA) is 101 Å². The molecule has 2 atom stereocenters. The van der Waals surface area contributed by atoms with Crippen LogP contribution < -0.4 is 4.72 Å². The van der Waals surface area contributed by atoms with Crippen molar-refractivity contribution < 1.29 is 22.5 Å². The number of carboxylic acids is 1. The molecule has 0 amide bonds. The summed E-state index contributed by atoms with van der Waals surface area (Å²) in [5, 5.41) is 8.67. The van der Waals surface area contributed by atoms with E-state index in [0.29, 0.717) is 5.56 Å². The fourth-order valence-electron chi connectivity index (χ4n) is 1.43. The molecule has 20 heavy (non-hydrogen) atoms. The first-order valence-electron chi connectivity index (χ1n) is 5.81. The Kier molecular flexibility index (Phi) is 5.43. The van der Waals surface area contributed by atoms with Crippen molar-refractivity contribution in [3.05, 3.63) is 29.3 Å². The van der Waals surface area contributed by atoms with Crippen molar-refractivity contribution in [2.75, 3.05) is 12.8 Å². The molecule has 8 heteroatoms. The smallest absolute Gasteiger partial charge is 0.335 e. The molecule has 0 heterocycles. The van der Waals surface area contributed by atoms with Gasteiger partial charge in [-0.25, -0.2) is 17.9 Å². The summed E-state index contributed by atoms with van der Waals surface area (Å²) >= 11 is 0. The lowest BCUT2D eigenvalue weighted by Crippen LogP contribution is -2.32. The van der Waals surface area contributed by atoms with Crippen molar-refractivity contribution in [1.29, 1.82) is 0 Å². The molecule has 0 saturated carbocycles. The molecule has 112 valence electrons. The van der Waals surface area contributed by atoms with Crippen LogP contribution in [0.4, 0.5) is 0 Å². The van der Waals surface area contributed by atoms with E-state index in [-0.39, 0.29) is 22.3 Å². The average Bonchev–Trinajstić information content (AvgIpc) is 2.35. The van der Waals surface area contributed by atoms with E-state index in [2.05, 4.69) is 4.72 Å². The number of carboxylic acid groups (broad SMARTS) is 1. The number of aryl methyl sites for hydroxylation is 1. The maximum atomic E-state index is 12.0. The van der Waals surface area contributed by atoms with Gasteiger partial charge in [-0.1, -0.05) is 6.07 Å². The first-order valence-corrected chi connectivity index (χ1v) is 8.91. The molecule has 0 fully saturated rings. The minimum Gasteiger partial charge on any atom is -0.478 e. The molecule has 1 aromatic rings. The number of rotatable bonds is 6. The Morgan fingerprint density at radius 2 is 2.05 bits per heavy atom. The highest BCUT2D eigenvalue weighted by Gasteiger charge is 2.19. The normalized spacial score (nSPS) is 14.8. The lowest BCUT2D eigenvalue weighted by molar-refractivity contribution is 0.0696. The molecule has 1 aromatic carbocycles. The highest BCUT2D eigenvalue weighted by Crippen LogP contribution is 2.15. The third-order valence-electron chi connectivity index (χ3n) is 2.88. The van der Waals surface area contributed by atoms with E-state index in [4.69, 9.17) is 5.11 Å². The van der Waals surface area contributed by atoms with Gasteiger partial charge in [-0.15, -0.1) is 0 Å². The number of carbonyl (C=O) groups is 1. The molecular weight excluding hydrogens is 302 g/mol. The second kappa shape index (κ2) is 6.47. The van der Waals surface area contributed by atoms with Gasteiger partial charge in [-0.2, -0.15) is 0 Å². The molecule has 0 bridgehead atoms. The maximum absolute atomic E-state index is 12.0. The van der Waals surface area contributed by atoms with Crippen molar-refractivity contribution >= 4 is 26.8 Å². The molecule has 2 unspecified atom stereocenters. The highest BCUT2D eigenvalue weighted by molar-refractivity contribution is 7.89. The number of hydrogen-bond donors (Lipinski definition) is 2. The fourth-order valence-corrected chi connectivity index (χ4v) is 3.01. The Morgan fingerprint density at radius 1 is 1.45 bits per heavy atom. The molecule has 2 N–H and O–H groups in total. The minimum absolute atomic E-state index is 0.0295. The number of hydrogen-bond acceptors (Lipinski definition) is 4. The zero-order valence-corrected chi connectivity index (χ0v) is 13.0. The van der Waals surface area contributed by atoms with Crippen molar-refractivity contribution in [3.8, 4) is 0 Å². The number of sulfonamides is 1. The molecule has 0 spiro atoms. The summed E-state index contributed by atoms with van der Waals surface area (Å²) in [7, 11) is -4.95. The van der Waals surface area contributed by atoms with E-state index >= 15 is 0 Å². The van der Waals surface area contributed by atoms with Gasteiger partial charge in [-0.3, -0.25) is 4.21 Å². The van der Waals surface area contributed by atoms with E-state index in [9.17, 15) is 17.4 Å². The summed E-state index contributed by atoms with van der Waals surface area (Å²) in [6.45, 7) is 3.29. The summed E-state index contributed by atoms with van der Waals surface area (Å²) in [4.78, 5) is 10.9. The van der Waals surface area contributed by atoms with Crippen molar-refractivity contribution in [1.82, 2.24) is 4.72 Å². The quantitative estimate of drug-likeness (QED) is 0.805. The molecule has 6 nitrogen and oxygen atoms in total. The molecule has 0 aliphatic rings. The van der Waals surface area contributed by atoms with Crippen LogP contribution in [0.25, 0.3) is 0 Å². The third kappa shape index (κ3) is 4.12. The fraction of sp³-hybridized carbons (Fsp3) is 0.417. The van der Waals surface area contributed by atoms with Crippen LogP contribution in [0, 0.1) is 6.92 Å². The van der Waals surface area contributed by atoms with Gasteiger partial charge < -0.3 is 5.11 Å². The largest absolute Gasteiger partial charge is 0.478 e. The molecule has 0 aliphatic carbocycles. The van der Waals surface area contributed by atoms with Crippen molar-refractivity contribution in [2.24, 2.45) is 0 Å². The third-order valence-corrected chi connectivity index (χ3v) is 5.60. The predicted molar refractivity (Wildman–Crippen MR) is 76.9 cm³/mol. The summed E-state index contributed by atoms with van der Waals surface area (Å²) in [5.41, 5.74) is 0.430. The standard InChI is InChI=1S/C12H17NO5S2/c1-8-4-5-10(6-11(8)12(14)15)20(17,18)13-7-9(2)19(3)16/h4-6,9,13H,7H2,1-3H3,(H,14,15). The van der Waals surface area contributed by atoms with Crippen LogP contribution in [0.2, 0.25) is 0 Å². The van der Waals surface area contributed by atoms with Crippen LogP contribution in [-0.2, 0) is 20.8 Å². The van der Waals surface area contributed by atoms with Gasteiger partial charge in [0, 0.05) is 28.9 Å². The van der Waals surface area contributed by atoms with Gasteiger partial charge in [0.1, 0.15) is 0 Å². The Morgan fingerprint density at radius 3 is 2.55 bits per heavy atom. The van der Waals surface area contributed by atoms with Gasteiger partial charge in [0.05, 0.1) is 10.5 Å². The maximum Gasteiger partial charge on any atom is 0.335 e. The SMILES string of the molecule is Cc1ccc(S(=O)(=O)NCC(C)S(C)=O)cc1C(=O)O. The Labute approximate surface area is 120 Å². The average molecular weight is 319 g/mol. The van der Waals surface area contributed by atoms with Crippen LogP contribution >= 0.6 is 0 Å². The minimum atomic E-state index is -3.81. The van der Waals surface area contributed by atoms with Gasteiger partial charge >= 0.3 is 5.97 Å². The highest BCUT2D eigenvalue weighted by atomic mass is 32.2. The predicted octanol–water partition coefficient (Wildman–Crippen LogP) is 0.739. The van der Waals surface area contributed by atoms with Gasteiger partial charge in [-0.05, 0) is 31.5 Å². The lowest BCUT2D eigenvalue weighted by atomic mass is 10.1. The van der Waals surface area contributed by atoms with Crippen LogP contribution in [-0.4, -0.2) is 41.8 Å². The number of benzene rings is 1. The van der Waals surface area contributed by atoms with E-state index < -0.39 is 26.8 Å². The van der Waals surface area contributed by atoms with E-state index in [1.807, 2.05) is 0 Å². The second-order valence-electron chi connectivity index (χ2n) is 4.44. The van der Waals surface area contributed by atoms with Gasteiger partial charge in [0.15, 0.2) is 0 Å². The summed E-state index contributed by atoms with van der Waals surface area (Å²) in [6, 6.07) is 3.91. The Bertz CT molecular complexity index is 639. The van der Waals surface area contributed by atoms with Gasteiger partial charge in [0.2, 0.25) is 10.0 Å². The van der Waals surface area contributed by atoms with Crippen LogP contribution in [0.1, 0.15) is 22.8 Å². The Hall–Kier alpha value is -1.25. The first kappa shape index (κ1) is 16.8. The lowest BCUT2D eigenvalue weighted by Gasteiger charge is -2.11. The van der Waals surface area contributed by atoms with E-state index in [0.717, 1.165) is 6.07 Å². The van der Waals surface area contributed by atoms with Crippen molar-refractivity contribution in [3.63, 3.8) is 0 Å². The van der Waals surface area contributed by atoms with Crippen LogP contribution in [0.3, 0.4) is 0 Å². The number of nitrogens with one attached hydrogen (secondary N) is 1. The first-order chi connectivity index (χ1) is 9.15. The van der Waals surface area contributed by atoms with Crippen molar-refractivity contribution in [2.45, 2.75) is 24.0 Å². The Balaban J connectivity index is 3.01. The van der Waals surface area contributed by atoms with Crippen LogP contribution in [0.5, 0.6) is 0 Å². The zero-order chi connectivity index (χ0) is 15.5. The molecule has 1 rings (SSSR count). The molecule has 0 aliphatic heterocycles. The summed E-state index contributed by atoms with van der Waals surface area (Å²) in [5.74, 6) is -1.18. The van der Waals surface area contributed by atoms with E-state index in [1.165, 1.54) is 18.4 Å². The molecule has 0 saturated heterocycles. The molecule has 0 radical (unpaired) electrons. The summed E-state index contributed by atoms with van der Waals surface area (Å²) in [6.07, 6.45) is 1.49. The molecular formula is C12H17NO5S2. The summed E-state index contributed by atoms with van der Waals surface area (Å²) < 4.78 is 37.6. The molecule has 0 aromatic heterocycles. The monoisotopic (exact) mass is 319 g/mol. The van der Waals surface area contributed by atoms with E-state index in [1.54, 1.807) is 13.8 Å². The van der Waals surface area contributed by atoms with Crippen LogP contribution in [0.15, 0.2) is 23.1 Å². The van der Waals surface area contributed by atoms with Gasteiger partial charge in [0.25, 0.3) is 0 Å². The zero-order valence-electron chi connectivity index (χ0n) is 11.4. The number of aromatic carboxylic acids is 1. The second-order valence-corrected chi connectivity index (χ2v) is 8.01.